The Bertz CT molecular complexity index is 323. The third-order valence-corrected chi connectivity index (χ3v) is 3.84. The number of aromatic amines is 1. The fraction of sp³-hybridized carbons (Fsp3) is 0.692. The molecule has 0 aromatic carbocycles. The topological polar surface area (TPSA) is 69.0 Å². The summed E-state index contributed by atoms with van der Waals surface area (Å²) in [7, 11) is 1.81. The molecule has 1 heterocycles. The summed E-state index contributed by atoms with van der Waals surface area (Å²) in [5.74, 6) is -1.08. The number of carbonyl (C=O) groups excluding carboxylic acids is 1. The zero-order chi connectivity index (χ0) is 14.7. The fourth-order valence-corrected chi connectivity index (χ4v) is 2.72. The van der Waals surface area contributed by atoms with Crippen LogP contribution in [0.15, 0.2) is 18.7 Å². The summed E-state index contributed by atoms with van der Waals surface area (Å²) in [6.45, 7) is 4.20. The van der Waals surface area contributed by atoms with Gasteiger partial charge in [-0.15, -0.1) is 0 Å². The minimum atomic E-state index is -1.08. The van der Waals surface area contributed by atoms with Crippen LogP contribution in [-0.2, 0) is 16.1 Å². The number of ether oxygens (including phenoxy) is 1. The van der Waals surface area contributed by atoms with Crippen LogP contribution in [0.5, 0.6) is 0 Å². The highest BCUT2D eigenvalue weighted by Crippen LogP contribution is 2.19. The molecule has 0 bridgehead atoms. The number of carboxylic acid groups (broad SMARTS) is 1. The number of thioether (sulfide) groups is 1. The normalized spacial score (nSPS) is 13.3. The number of imidazole rings is 1. The molecule has 0 amide bonds. The molecule has 0 saturated carbocycles. The molecule has 5 nitrogen and oxygen atoms in total. The van der Waals surface area contributed by atoms with Crippen LogP contribution >= 0.6 is 11.8 Å². The number of nitrogens with one attached hydrogen (secondary N) is 1. The molecule has 1 rings (SSSR count). The first kappa shape index (κ1) is 18.0. The zero-order valence-electron chi connectivity index (χ0n) is 12.1. The predicted molar refractivity (Wildman–Crippen MR) is 74.7 cm³/mol. The van der Waals surface area contributed by atoms with Crippen LogP contribution in [0.1, 0.15) is 26.7 Å². The van der Waals surface area contributed by atoms with E-state index in [9.17, 15) is 0 Å². The van der Waals surface area contributed by atoms with E-state index in [4.69, 9.17) is 14.6 Å². The van der Waals surface area contributed by atoms with Gasteiger partial charge in [0.15, 0.2) is 0 Å². The molecule has 0 aliphatic carbocycles. The molecule has 1 aromatic rings. The number of aryl methyl sites for hydroxylation is 1. The fourth-order valence-electron chi connectivity index (χ4n) is 1.77. The lowest BCUT2D eigenvalue weighted by Gasteiger charge is -2.22. The average molecular weight is 288 g/mol. The summed E-state index contributed by atoms with van der Waals surface area (Å²) >= 11 is 1.90. The first-order valence-electron chi connectivity index (χ1n) is 6.30. The van der Waals surface area contributed by atoms with Crippen LogP contribution in [0.3, 0.4) is 0 Å². The van der Waals surface area contributed by atoms with Crippen molar-refractivity contribution in [2.75, 3.05) is 13.4 Å². The molecule has 2 unspecified atom stereocenters. The maximum atomic E-state index is 8.89. The highest BCUT2D eigenvalue weighted by molar-refractivity contribution is 7.99. The molecular weight excluding hydrogens is 264 g/mol. The van der Waals surface area contributed by atoms with E-state index in [1.54, 1.807) is 7.11 Å². The summed E-state index contributed by atoms with van der Waals surface area (Å²) in [5, 5.41) is 9.47. The van der Waals surface area contributed by atoms with Gasteiger partial charge in [-0.3, -0.25) is 4.98 Å². The molecule has 19 heavy (non-hydrogen) atoms. The average Bonchev–Trinajstić information content (AvgIpc) is 2.87. The van der Waals surface area contributed by atoms with E-state index >= 15 is 0 Å². The third-order valence-electron chi connectivity index (χ3n) is 2.70. The van der Waals surface area contributed by atoms with Crippen LogP contribution in [0.4, 0.5) is 0 Å². The van der Waals surface area contributed by atoms with Gasteiger partial charge in [-0.1, -0.05) is 6.92 Å². The molecule has 0 spiro atoms. The van der Waals surface area contributed by atoms with Crippen molar-refractivity contribution in [2.24, 2.45) is 0 Å². The van der Waals surface area contributed by atoms with Gasteiger partial charge >= 0.3 is 0 Å². The van der Waals surface area contributed by atoms with Crippen LogP contribution in [0.2, 0.25) is 0 Å². The van der Waals surface area contributed by atoms with Crippen molar-refractivity contribution >= 4 is 17.7 Å². The Kier molecular flexibility index (Phi) is 10.3. The van der Waals surface area contributed by atoms with Gasteiger partial charge in [-0.05, 0) is 26.0 Å². The summed E-state index contributed by atoms with van der Waals surface area (Å²) in [4.78, 5) is 11.9. The van der Waals surface area contributed by atoms with Gasteiger partial charge < -0.3 is 14.6 Å². The first-order chi connectivity index (χ1) is 9.04. The molecular formula is C13H24N2O3S. The lowest BCUT2D eigenvalue weighted by molar-refractivity contribution is -0.696. The zero-order valence-corrected chi connectivity index (χ0v) is 12.9. The van der Waals surface area contributed by atoms with Crippen molar-refractivity contribution in [2.45, 2.75) is 44.6 Å². The second-order valence-corrected chi connectivity index (χ2v) is 5.16. The summed E-state index contributed by atoms with van der Waals surface area (Å²) in [5.41, 5.74) is 0. The number of rotatable bonds is 7. The Morgan fingerprint density at radius 1 is 1.58 bits per heavy atom. The lowest BCUT2D eigenvalue weighted by Crippen LogP contribution is -2.35. The molecule has 1 N–H and O–H groups in total. The molecule has 2 atom stereocenters. The number of carboxylic acids is 1. The molecule has 0 radical (unpaired) electrons. The third kappa shape index (κ3) is 8.67. The Morgan fingerprint density at radius 3 is 2.58 bits per heavy atom. The number of methoxy groups -OCH3 is 1. The lowest BCUT2D eigenvalue weighted by atomic mass is 10.1. The van der Waals surface area contributed by atoms with Crippen LogP contribution in [-0.4, -0.2) is 35.7 Å². The van der Waals surface area contributed by atoms with E-state index in [-0.39, 0.29) is 0 Å². The van der Waals surface area contributed by atoms with Gasteiger partial charge in [0.1, 0.15) is 12.4 Å². The van der Waals surface area contributed by atoms with Crippen molar-refractivity contribution in [3.63, 3.8) is 0 Å². The van der Waals surface area contributed by atoms with Crippen LogP contribution < -0.4 is 9.67 Å². The van der Waals surface area contributed by atoms with Crippen LogP contribution in [0.25, 0.3) is 0 Å². The maximum Gasteiger partial charge on any atom is 0.241 e. The van der Waals surface area contributed by atoms with Crippen molar-refractivity contribution in [1.82, 2.24) is 4.98 Å². The highest BCUT2D eigenvalue weighted by Gasteiger charge is 2.19. The quantitative estimate of drug-likeness (QED) is 0.746. The minimum Gasteiger partial charge on any atom is -0.550 e. The standard InChI is InChI=1S/C11H20N2OS.C2H4O2/c1-4-10(14-2)11(15-3)5-7-13-8-6-12-9-13;1-2(3)4/h6,8-11H,4-5,7H2,1-3H3;1H3,(H,3,4). The summed E-state index contributed by atoms with van der Waals surface area (Å²) in [6, 6.07) is 0. The number of hydrogen-bond acceptors (Lipinski definition) is 4. The van der Waals surface area contributed by atoms with Gasteiger partial charge in [0.2, 0.25) is 6.33 Å². The SMILES string of the molecule is CC(=O)[O-].CCC(OC)C(CC[n+]1cc[nH]c1)SC. The number of nitrogens with zero attached hydrogens (tertiary/aromatic N) is 1. The monoisotopic (exact) mass is 288 g/mol. The Labute approximate surface area is 119 Å². The van der Waals surface area contributed by atoms with Gasteiger partial charge in [-0.2, -0.15) is 11.8 Å². The van der Waals surface area contributed by atoms with Gasteiger partial charge in [0, 0.05) is 18.3 Å². The number of aliphatic carboxylic acids is 1. The maximum absolute atomic E-state index is 8.89. The largest absolute Gasteiger partial charge is 0.550 e. The summed E-state index contributed by atoms with van der Waals surface area (Å²) in [6.07, 6.45) is 10.8. The first-order valence-corrected chi connectivity index (χ1v) is 7.58. The van der Waals surface area contributed by atoms with E-state index in [0.29, 0.717) is 11.4 Å². The molecule has 1 aromatic heterocycles. The van der Waals surface area contributed by atoms with Crippen molar-refractivity contribution in [3.8, 4) is 0 Å². The van der Waals surface area contributed by atoms with Gasteiger partial charge in [-0.25, -0.2) is 4.57 Å². The number of H-pyrrole nitrogens is 1. The number of carbonyl (C=O) groups is 1. The molecule has 0 aliphatic heterocycles. The highest BCUT2D eigenvalue weighted by atomic mass is 32.2. The van der Waals surface area contributed by atoms with Crippen molar-refractivity contribution in [3.05, 3.63) is 18.7 Å². The molecule has 0 fully saturated rings. The smallest absolute Gasteiger partial charge is 0.241 e. The molecule has 0 saturated heterocycles. The molecule has 110 valence electrons. The number of hydrogen-bond donors (Lipinski definition) is 1. The van der Waals surface area contributed by atoms with Crippen LogP contribution in [0, 0.1) is 0 Å². The molecule has 0 aliphatic rings. The summed E-state index contributed by atoms with van der Waals surface area (Å²) < 4.78 is 7.66. The minimum absolute atomic E-state index is 0.375. The second kappa shape index (κ2) is 10.9. The van der Waals surface area contributed by atoms with E-state index in [1.165, 1.54) is 0 Å². The van der Waals surface area contributed by atoms with Crippen molar-refractivity contribution in [1.29, 1.82) is 0 Å². The van der Waals surface area contributed by atoms with Crippen molar-refractivity contribution < 1.29 is 19.2 Å². The van der Waals surface area contributed by atoms with Gasteiger partial charge in [0.25, 0.3) is 0 Å². The van der Waals surface area contributed by atoms with E-state index in [1.807, 2.05) is 24.3 Å². The molecule has 6 heteroatoms. The van der Waals surface area contributed by atoms with E-state index in [0.717, 1.165) is 26.3 Å². The van der Waals surface area contributed by atoms with E-state index in [2.05, 4.69) is 28.9 Å². The second-order valence-electron chi connectivity index (χ2n) is 4.09. The number of aromatic nitrogens is 2. The Balaban J connectivity index is 0.000000711. The predicted octanol–water partition coefficient (Wildman–Crippen LogP) is 0.605. The Morgan fingerprint density at radius 2 is 2.21 bits per heavy atom. The Hall–Kier alpha value is -1.01. The van der Waals surface area contributed by atoms with Gasteiger partial charge in [0.05, 0.1) is 12.6 Å². The van der Waals surface area contributed by atoms with E-state index < -0.39 is 5.97 Å².